The highest BCUT2D eigenvalue weighted by molar-refractivity contribution is 7.92. The van der Waals surface area contributed by atoms with Crippen LogP contribution in [0.1, 0.15) is 12.8 Å². The fourth-order valence-corrected chi connectivity index (χ4v) is 3.15. The summed E-state index contributed by atoms with van der Waals surface area (Å²) < 4.78 is 63.7. The summed E-state index contributed by atoms with van der Waals surface area (Å²) in [7, 11) is -3.71. The van der Waals surface area contributed by atoms with Gasteiger partial charge < -0.3 is 4.74 Å². The van der Waals surface area contributed by atoms with Crippen molar-refractivity contribution in [2.75, 3.05) is 0 Å². The molecule has 0 bridgehead atoms. The summed E-state index contributed by atoms with van der Waals surface area (Å²) in [4.78, 5) is -0.420. The molecule has 1 aromatic carbocycles. The van der Waals surface area contributed by atoms with Crippen molar-refractivity contribution in [3.63, 3.8) is 0 Å². The Bertz CT molecular complexity index is 518. The SMILES string of the molecule is O=S(=O)(c1cc[c]cc1OC(F)(F)F)C1CC1. The molecule has 0 amide bonds. The molecule has 0 saturated heterocycles. The fraction of sp³-hybridized carbons (Fsp3) is 0.400. The van der Waals surface area contributed by atoms with E-state index in [1.165, 1.54) is 6.07 Å². The monoisotopic (exact) mass is 265 g/mol. The highest BCUT2D eigenvalue weighted by atomic mass is 32.2. The lowest BCUT2D eigenvalue weighted by atomic mass is 10.3. The van der Waals surface area contributed by atoms with Crippen molar-refractivity contribution in [2.45, 2.75) is 29.3 Å². The summed E-state index contributed by atoms with van der Waals surface area (Å²) in [6.07, 6.45) is -3.96. The first kappa shape index (κ1) is 12.2. The second-order valence-corrected chi connectivity index (χ2v) is 5.86. The summed E-state index contributed by atoms with van der Waals surface area (Å²) in [5.41, 5.74) is 0. The zero-order valence-electron chi connectivity index (χ0n) is 8.49. The number of benzene rings is 1. The molecule has 0 aliphatic heterocycles. The van der Waals surface area contributed by atoms with Gasteiger partial charge in [0.2, 0.25) is 0 Å². The summed E-state index contributed by atoms with van der Waals surface area (Å²) in [5, 5.41) is -0.583. The summed E-state index contributed by atoms with van der Waals surface area (Å²) >= 11 is 0. The van der Waals surface area contributed by atoms with E-state index in [1.807, 2.05) is 0 Å². The number of halogens is 3. The Morgan fingerprint density at radius 3 is 2.53 bits per heavy atom. The van der Waals surface area contributed by atoms with E-state index in [0.717, 1.165) is 12.1 Å². The van der Waals surface area contributed by atoms with Gasteiger partial charge in [0.15, 0.2) is 9.84 Å². The van der Waals surface area contributed by atoms with Gasteiger partial charge in [-0.2, -0.15) is 0 Å². The lowest BCUT2D eigenvalue weighted by Crippen LogP contribution is -2.19. The molecule has 17 heavy (non-hydrogen) atoms. The maximum Gasteiger partial charge on any atom is 0.573 e. The predicted molar refractivity (Wildman–Crippen MR) is 52.2 cm³/mol. The zero-order valence-corrected chi connectivity index (χ0v) is 9.31. The Hall–Kier alpha value is -1.24. The number of alkyl halides is 3. The van der Waals surface area contributed by atoms with E-state index in [9.17, 15) is 21.6 Å². The molecule has 0 N–H and O–H groups in total. The second-order valence-electron chi connectivity index (χ2n) is 3.67. The Morgan fingerprint density at radius 1 is 1.35 bits per heavy atom. The molecular weight excluding hydrogens is 257 g/mol. The van der Waals surface area contributed by atoms with Crippen LogP contribution in [0.4, 0.5) is 13.2 Å². The highest BCUT2D eigenvalue weighted by Gasteiger charge is 2.40. The standard InChI is InChI=1S/C10H8F3O3S/c11-10(12,13)16-8-3-1-2-4-9(8)17(14,15)7-5-6-7/h2-4,7H,5-6H2. The molecule has 3 nitrogen and oxygen atoms in total. The number of hydrogen-bond donors (Lipinski definition) is 0. The lowest BCUT2D eigenvalue weighted by Gasteiger charge is -2.12. The van der Waals surface area contributed by atoms with Crippen LogP contribution >= 0.6 is 0 Å². The van der Waals surface area contributed by atoms with E-state index in [2.05, 4.69) is 10.8 Å². The molecule has 0 heterocycles. The molecule has 0 aromatic heterocycles. The summed E-state index contributed by atoms with van der Waals surface area (Å²) in [6, 6.07) is 5.57. The van der Waals surface area contributed by atoms with E-state index in [4.69, 9.17) is 0 Å². The molecule has 7 heteroatoms. The first-order chi connectivity index (χ1) is 7.81. The van der Waals surface area contributed by atoms with Crippen LogP contribution < -0.4 is 4.74 Å². The van der Waals surface area contributed by atoms with Gasteiger partial charge in [-0.05, 0) is 31.0 Å². The Kier molecular flexibility index (Phi) is 2.81. The van der Waals surface area contributed by atoms with Gasteiger partial charge in [0.25, 0.3) is 0 Å². The van der Waals surface area contributed by atoms with Crippen molar-refractivity contribution in [3.05, 3.63) is 24.3 Å². The maximum absolute atomic E-state index is 12.1. The van der Waals surface area contributed by atoms with Crippen LogP contribution in [0.2, 0.25) is 0 Å². The van der Waals surface area contributed by atoms with Crippen LogP contribution in [0.25, 0.3) is 0 Å². The van der Waals surface area contributed by atoms with Crippen LogP contribution in [0.3, 0.4) is 0 Å². The Labute approximate surface area is 96.1 Å². The molecule has 2 rings (SSSR count). The molecule has 1 fully saturated rings. The molecule has 0 unspecified atom stereocenters. The van der Waals surface area contributed by atoms with Gasteiger partial charge in [0, 0.05) is 0 Å². The topological polar surface area (TPSA) is 43.4 Å². The Balaban J connectivity index is 2.41. The van der Waals surface area contributed by atoms with Gasteiger partial charge in [-0.25, -0.2) is 8.42 Å². The quantitative estimate of drug-likeness (QED) is 0.842. The third-order valence-electron chi connectivity index (χ3n) is 2.28. The summed E-state index contributed by atoms with van der Waals surface area (Å²) in [5.74, 6) is -0.716. The molecule has 1 saturated carbocycles. The number of sulfone groups is 1. The molecule has 1 radical (unpaired) electrons. The predicted octanol–water partition coefficient (Wildman–Crippen LogP) is 2.32. The first-order valence-electron chi connectivity index (χ1n) is 4.80. The van der Waals surface area contributed by atoms with Crippen molar-refractivity contribution in [1.29, 1.82) is 0 Å². The van der Waals surface area contributed by atoms with Crippen molar-refractivity contribution in [3.8, 4) is 5.75 Å². The third-order valence-corrected chi connectivity index (χ3v) is 4.58. The smallest absolute Gasteiger partial charge is 0.404 e. The minimum absolute atomic E-state index is 0.420. The number of hydrogen-bond acceptors (Lipinski definition) is 3. The van der Waals surface area contributed by atoms with E-state index in [0.29, 0.717) is 12.8 Å². The largest absolute Gasteiger partial charge is 0.573 e. The average Bonchev–Trinajstić information content (AvgIpc) is 2.98. The van der Waals surface area contributed by atoms with Crippen molar-refractivity contribution in [2.24, 2.45) is 0 Å². The van der Waals surface area contributed by atoms with Crippen LogP contribution in [-0.2, 0) is 9.84 Å². The van der Waals surface area contributed by atoms with Crippen molar-refractivity contribution < 1.29 is 26.3 Å². The number of rotatable bonds is 3. The normalized spacial score (nSPS) is 16.9. The van der Waals surface area contributed by atoms with E-state index >= 15 is 0 Å². The van der Waals surface area contributed by atoms with Crippen molar-refractivity contribution >= 4 is 9.84 Å². The van der Waals surface area contributed by atoms with Gasteiger partial charge in [0.1, 0.15) is 10.6 Å². The average molecular weight is 265 g/mol. The molecular formula is C10H8F3O3S. The summed E-state index contributed by atoms with van der Waals surface area (Å²) in [6.45, 7) is 0. The van der Waals surface area contributed by atoms with Gasteiger partial charge in [-0.3, -0.25) is 0 Å². The zero-order chi connectivity index (χ0) is 12.7. The van der Waals surface area contributed by atoms with Crippen molar-refractivity contribution in [1.82, 2.24) is 0 Å². The molecule has 0 spiro atoms. The Morgan fingerprint density at radius 2 is 2.00 bits per heavy atom. The lowest BCUT2D eigenvalue weighted by molar-refractivity contribution is -0.275. The third kappa shape index (κ3) is 2.71. The van der Waals surface area contributed by atoms with Gasteiger partial charge in [-0.1, -0.05) is 6.07 Å². The highest BCUT2D eigenvalue weighted by Crippen LogP contribution is 2.38. The second kappa shape index (κ2) is 3.90. The van der Waals surface area contributed by atoms with Crippen LogP contribution in [0.15, 0.2) is 23.1 Å². The minimum Gasteiger partial charge on any atom is -0.404 e. The van der Waals surface area contributed by atoms with Crippen LogP contribution in [0.5, 0.6) is 5.75 Å². The van der Waals surface area contributed by atoms with E-state index in [1.54, 1.807) is 0 Å². The van der Waals surface area contributed by atoms with Gasteiger partial charge >= 0.3 is 6.36 Å². The number of ether oxygens (including phenoxy) is 1. The van der Waals surface area contributed by atoms with Crippen LogP contribution in [-0.4, -0.2) is 20.0 Å². The molecule has 93 valence electrons. The molecule has 0 atom stereocenters. The van der Waals surface area contributed by atoms with Crippen LogP contribution in [0, 0.1) is 6.07 Å². The molecule has 1 aliphatic rings. The fourth-order valence-electron chi connectivity index (χ4n) is 1.40. The van der Waals surface area contributed by atoms with E-state index < -0.39 is 32.1 Å². The maximum atomic E-state index is 12.1. The first-order valence-corrected chi connectivity index (χ1v) is 6.35. The molecule has 1 aliphatic carbocycles. The van der Waals surface area contributed by atoms with Gasteiger partial charge in [0.05, 0.1) is 5.25 Å². The van der Waals surface area contributed by atoms with E-state index in [-0.39, 0.29) is 0 Å². The minimum atomic E-state index is -4.91. The van der Waals surface area contributed by atoms with Gasteiger partial charge in [-0.15, -0.1) is 13.2 Å². The molecule has 1 aromatic rings.